The third-order valence-corrected chi connectivity index (χ3v) is 2.82. The standard InChI is InChI=1S/C11H16N2O/c1-14-9-4-5-11(13-7-9)10(6-12)8-2-3-8/h4-5,7-8,10H,2-3,6,12H2,1H3. The summed E-state index contributed by atoms with van der Waals surface area (Å²) in [6.45, 7) is 0.698. The highest BCUT2D eigenvalue weighted by molar-refractivity contribution is 5.23. The molecule has 1 heterocycles. The molecule has 1 unspecified atom stereocenters. The van der Waals surface area contributed by atoms with Crippen LogP contribution in [-0.2, 0) is 0 Å². The first-order valence-electron chi connectivity index (χ1n) is 5.05. The van der Waals surface area contributed by atoms with Gasteiger partial charge in [-0.25, -0.2) is 0 Å². The van der Waals surface area contributed by atoms with E-state index in [1.165, 1.54) is 12.8 Å². The van der Waals surface area contributed by atoms with Gasteiger partial charge in [-0.3, -0.25) is 4.98 Å². The summed E-state index contributed by atoms with van der Waals surface area (Å²) in [5, 5.41) is 0. The number of pyridine rings is 1. The van der Waals surface area contributed by atoms with Gasteiger partial charge in [-0.15, -0.1) is 0 Å². The van der Waals surface area contributed by atoms with Gasteiger partial charge in [0.1, 0.15) is 5.75 Å². The number of nitrogens with zero attached hydrogens (tertiary/aromatic N) is 1. The Bertz CT molecular complexity index is 293. The number of aromatic nitrogens is 1. The number of ether oxygens (including phenoxy) is 1. The van der Waals surface area contributed by atoms with E-state index in [4.69, 9.17) is 10.5 Å². The molecule has 76 valence electrons. The molecule has 1 aliphatic rings. The highest BCUT2D eigenvalue weighted by Gasteiger charge is 2.31. The molecule has 3 heteroatoms. The van der Waals surface area contributed by atoms with E-state index in [2.05, 4.69) is 4.98 Å². The minimum Gasteiger partial charge on any atom is -0.495 e. The molecule has 1 fully saturated rings. The summed E-state index contributed by atoms with van der Waals surface area (Å²) in [7, 11) is 1.65. The van der Waals surface area contributed by atoms with Crippen molar-refractivity contribution in [3.05, 3.63) is 24.0 Å². The van der Waals surface area contributed by atoms with E-state index in [1.54, 1.807) is 13.3 Å². The summed E-state index contributed by atoms with van der Waals surface area (Å²) in [6.07, 6.45) is 4.37. The molecule has 0 aromatic carbocycles. The first-order chi connectivity index (χ1) is 6.85. The van der Waals surface area contributed by atoms with Gasteiger partial charge in [0.2, 0.25) is 0 Å². The lowest BCUT2D eigenvalue weighted by Gasteiger charge is -2.12. The molecule has 1 aliphatic carbocycles. The van der Waals surface area contributed by atoms with Crippen molar-refractivity contribution in [2.24, 2.45) is 11.7 Å². The molecule has 0 spiro atoms. The second-order valence-corrected chi connectivity index (χ2v) is 3.80. The van der Waals surface area contributed by atoms with Crippen molar-refractivity contribution in [1.29, 1.82) is 0 Å². The maximum atomic E-state index is 5.75. The second kappa shape index (κ2) is 3.96. The van der Waals surface area contributed by atoms with Gasteiger partial charge < -0.3 is 10.5 Å². The monoisotopic (exact) mass is 192 g/mol. The highest BCUT2D eigenvalue weighted by atomic mass is 16.5. The van der Waals surface area contributed by atoms with Crippen molar-refractivity contribution in [3.63, 3.8) is 0 Å². The van der Waals surface area contributed by atoms with Crippen LogP contribution in [0.2, 0.25) is 0 Å². The van der Waals surface area contributed by atoms with Crippen molar-refractivity contribution in [2.45, 2.75) is 18.8 Å². The van der Waals surface area contributed by atoms with Crippen LogP contribution in [-0.4, -0.2) is 18.6 Å². The molecule has 1 aromatic rings. The van der Waals surface area contributed by atoms with Crippen molar-refractivity contribution in [3.8, 4) is 5.75 Å². The summed E-state index contributed by atoms with van der Waals surface area (Å²) in [4.78, 5) is 4.38. The van der Waals surface area contributed by atoms with Gasteiger partial charge in [-0.2, -0.15) is 0 Å². The molecular formula is C11H16N2O. The number of rotatable bonds is 4. The number of methoxy groups -OCH3 is 1. The molecule has 1 atom stereocenters. The Morgan fingerprint density at radius 3 is 2.79 bits per heavy atom. The van der Waals surface area contributed by atoms with Gasteiger partial charge in [-0.1, -0.05) is 0 Å². The van der Waals surface area contributed by atoms with Gasteiger partial charge in [0, 0.05) is 18.2 Å². The summed E-state index contributed by atoms with van der Waals surface area (Å²) in [5.41, 5.74) is 6.85. The van der Waals surface area contributed by atoms with E-state index in [0.717, 1.165) is 17.4 Å². The summed E-state index contributed by atoms with van der Waals surface area (Å²) < 4.78 is 5.06. The molecule has 0 radical (unpaired) electrons. The largest absolute Gasteiger partial charge is 0.495 e. The Morgan fingerprint density at radius 1 is 1.57 bits per heavy atom. The smallest absolute Gasteiger partial charge is 0.137 e. The van der Waals surface area contributed by atoms with Crippen molar-refractivity contribution in [1.82, 2.24) is 4.98 Å². The minimum atomic E-state index is 0.445. The van der Waals surface area contributed by atoms with Crippen LogP contribution in [0.5, 0.6) is 5.75 Å². The SMILES string of the molecule is COc1ccc(C(CN)C2CC2)nc1. The third-order valence-electron chi connectivity index (χ3n) is 2.82. The maximum Gasteiger partial charge on any atom is 0.137 e. The van der Waals surface area contributed by atoms with Crippen LogP contribution >= 0.6 is 0 Å². The zero-order chi connectivity index (χ0) is 9.97. The van der Waals surface area contributed by atoms with Crippen LogP contribution in [0.25, 0.3) is 0 Å². The molecule has 1 saturated carbocycles. The van der Waals surface area contributed by atoms with Crippen molar-refractivity contribution >= 4 is 0 Å². The molecule has 2 rings (SSSR count). The van der Waals surface area contributed by atoms with E-state index < -0.39 is 0 Å². The van der Waals surface area contributed by atoms with Crippen LogP contribution < -0.4 is 10.5 Å². The van der Waals surface area contributed by atoms with Crippen LogP contribution in [0.15, 0.2) is 18.3 Å². The molecule has 0 saturated heterocycles. The Balaban J connectivity index is 2.13. The van der Waals surface area contributed by atoms with E-state index in [1.807, 2.05) is 12.1 Å². The summed E-state index contributed by atoms with van der Waals surface area (Å²) >= 11 is 0. The Hall–Kier alpha value is -1.09. The number of hydrogen-bond donors (Lipinski definition) is 1. The van der Waals surface area contributed by atoms with Gasteiger partial charge in [0.05, 0.1) is 13.3 Å². The van der Waals surface area contributed by atoms with Crippen LogP contribution in [0.4, 0.5) is 0 Å². The Kier molecular flexibility index (Phi) is 2.68. The lowest BCUT2D eigenvalue weighted by Crippen LogP contribution is -2.15. The molecular weight excluding hydrogens is 176 g/mol. The lowest BCUT2D eigenvalue weighted by atomic mass is 9.99. The molecule has 1 aromatic heterocycles. The molecule has 3 nitrogen and oxygen atoms in total. The lowest BCUT2D eigenvalue weighted by molar-refractivity contribution is 0.412. The average Bonchev–Trinajstić information content (AvgIpc) is 3.04. The molecule has 14 heavy (non-hydrogen) atoms. The molecule has 2 N–H and O–H groups in total. The third kappa shape index (κ3) is 1.87. The maximum absolute atomic E-state index is 5.75. The van der Waals surface area contributed by atoms with Crippen LogP contribution in [0.1, 0.15) is 24.5 Å². The van der Waals surface area contributed by atoms with Crippen LogP contribution in [0, 0.1) is 5.92 Å². The molecule has 0 bridgehead atoms. The van der Waals surface area contributed by atoms with Crippen LogP contribution in [0.3, 0.4) is 0 Å². The molecule has 0 amide bonds. The normalized spacial score (nSPS) is 17.9. The topological polar surface area (TPSA) is 48.1 Å². The Labute approximate surface area is 84.3 Å². The average molecular weight is 192 g/mol. The van der Waals surface area contributed by atoms with Gasteiger partial charge >= 0.3 is 0 Å². The van der Waals surface area contributed by atoms with Gasteiger partial charge in [-0.05, 0) is 30.9 Å². The van der Waals surface area contributed by atoms with E-state index >= 15 is 0 Å². The predicted molar refractivity (Wildman–Crippen MR) is 55.3 cm³/mol. The van der Waals surface area contributed by atoms with Gasteiger partial charge in [0.25, 0.3) is 0 Å². The Morgan fingerprint density at radius 2 is 2.36 bits per heavy atom. The predicted octanol–water partition coefficient (Wildman–Crippen LogP) is 1.54. The second-order valence-electron chi connectivity index (χ2n) is 3.80. The number of hydrogen-bond acceptors (Lipinski definition) is 3. The van der Waals surface area contributed by atoms with Gasteiger partial charge in [0.15, 0.2) is 0 Å². The van der Waals surface area contributed by atoms with Crippen molar-refractivity contribution < 1.29 is 4.74 Å². The first kappa shape index (κ1) is 9.46. The van der Waals surface area contributed by atoms with E-state index in [9.17, 15) is 0 Å². The fourth-order valence-corrected chi connectivity index (χ4v) is 1.79. The summed E-state index contributed by atoms with van der Waals surface area (Å²) in [6, 6.07) is 3.97. The van der Waals surface area contributed by atoms with E-state index in [0.29, 0.717) is 12.5 Å². The zero-order valence-electron chi connectivity index (χ0n) is 8.44. The zero-order valence-corrected chi connectivity index (χ0v) is 8.44. The fraction of sp³-hybridized carbons (Fsp3) is 0.545. The van der Waals surface area contributed by atoms with Crippen molar-refractivity contribution in [2.75, 3.05) is 13.7 Å². The first-order valence-corrected chi connectivity index (χ1v) is 5.05. The van der Waals surface area contributed by atoms with E-state index in [-0.39, 0.29) is 0 Å². The fourth-order valence-electron chi connectivity index (χ4n) is 1.79. The number of nitrogens with two attached hydrogens (primary N) is 1. The summed E-state index contributed by atoms with van der Waals surface area (Å²) in [5.74, 6) is 2.02. The molecule has 0 aliphatic heterocycles. The highest BCUT2D eigenvalue weighted by Crippen LogP contribution is 2.41. The minimum absolute atomic E-state index is 0.445. The quantitative estimate of drug-likeness (QED) is 0.787.